The molecule has 5 heteroatoms. The van der Waals surface area contributed by atoms with Gasteiger partial charge < -0.3 is 19.9 Å². The van der Waals surface area contributed by atoms with Crippen molar-refractivity contribution in [1.29, 1.82) is 0 Å². The van der Waals surface area contributed by atoms with Crippen LogP contribution in [0.1, 0.15) is 32.1 Å². The van der Waals surface area contributed by atoms with E-state index in [-0.39, 0.29) is 6.03 Å². The summed E-state index contributed by atoms with van der Waals surface area (Å²) >= 11 is 0. The molecule has 2 aliphatic heterocycles. The number of ether oxygens (including phenoxy) is 1. The highest BCUT2D eigenvalue weighted by Gasteiger charge is 2.23. The maximum absolute atomic E-state index is 12.5. The Hall–Kier alpha value is -1.75. The Morgan fingerprint density at radius 1 is 1.08 bits per heavy atom. The predicted octanol–water partition coefficient (Wildman–Crippen LogP) is 3.43. The van der Waals surface area contributed by atoms with Crippen LogP contribution in [0.4, 0.5) is 10.5 Å². The van der Waals surface area contributed by atoms with E-state index < -0.39 is 0 Å². The number of rotatable bonds is 4. The number of likely N-dealkylation sites (tertiary alicyclic amines) is 2. The van der Waals surface area contributed by atoms with Crippen LogP contribution in [0, 0.1) is 5.92 Å². The number of anilines is 1. The number of nitrogens with one attached hydrogen (secondary N) is 1. The lowest BCUT2D eigenvalue weighted by molar-refractivity contribution is 0.211. The van der Waals surface area contributed by atoms with Gasteiger partial charge in [0, 0.05) is 25.3 Å². The molecule has 3 rings (SSSR count). The van der Waals surface area contributed by atoms with Crippen LogP contribution in [-0.2, 0) is 0 Å². The van der Waals surface area contributed by atoms with Crippen molar-refractivity contribution in [3.8, 4) is 5.75 Å². The van der Waals surface area contributed by atoms with Crippen LogP contribution >= 0.6 is 0 Å². The Morgan fingerprint density at radius 2 is 1.83 bits per heavy atom. The van der Waals surface area contributed by atoms with Gasteiger partial charge in [0.25, 0.3) is 0 Å². The van der Waals surface area contributed by atoms with Crippen LogP contribution < -0.4 is 10.1 Å². The van der Waals surface area contributed by atoms with Gasteiger partial charge in [-0.1, -0.05) is 0 Å². The molecule has 1 aromatic rings. The maximum atomic E-state index is 12.5. The Kier molecular flexibility index (Phi) is 5.96. The summed E-state index contributed by atoms with van der Waals surface area (Å²) in [6.45, 7) is 5.46. The van der Waals surface area contributed by atoms with Gasteiger partial charge in [-0.15, -0.1) is 0 Å². The largest absolute Gasteiger partial charge is 0.497 e. The third kappa shape index (κ3) is 4.63. The summed E-state index contributed by atoms with van der Waals surface area (Å²) in [7, 11) is 1.64. The Bertz CT molecular complexity index is 526. The number of benzene rings is 1. The Morgan fingerprint density at radius 3 is 2.54 bits per heavy atom. The SMILES string of the molecule is COc1ccc(NC(=O)N2CCCC(CN3CCCC3)CC2)cc1. The first kappa shape index (κ1) is 17.1. The van der Waals surface area contributed by atoms with Crippen LogP contribution in [-0.4, -0.2) is 55.7 Å². The smallest absolute Gasteiger partial charge is 0.321 e. The van der Waals surface area contributed by atoms with Gasteiger partial charge >= 0.3 is 6.03 Å². The van der Waals surface area contributed by atoms with E-state index in [1.807, 2.05) is 29.2 Å². The van der Waals surface area contributed by atoms with Crippen molar-refractivity contribution in [3.05, 3.63) is 24.3 Å². The Labute approximate surface area is 145 Å². The summed E-state index contributed by atoms with van der Waals surface area (Å²) in [6, 6.07) is 7.51. The summed E-state index contributed by atoms with van der Waals surface area (Å²) in [5.41, 5.74) is 0.818. The highest BCUT2D eigenvalue weighted by molar-refractivity contribution is 5.89. The summed E-state index contributed by atoms with van der Waals surface area (Å²) < 4.78 is 5.15. The molecule has 2 saturated heterocycles. The number of hydrogen-bond donors (Lipinski definition) is 1. The first-order chi connectivity index (χ1) is 11.7. The number of amides is 2. The van der Waals surface area contributed by atoms with Crippen molar-refractivity contribution in [3.63, 3.8) is 0 Å². The monoisotopic (exact) mass is 331 g/mol. The topological polar surface area (TPSA) is 44.8 Å². The molecule has 2 fully saturated rings. The van der Waals surface area contributed by atoms with Gasteiger partial charge in [0.15, 0.2) is 0 Å². The maximum Gasteiger partial charge on any atom is 0.321 e. The molecule has 1 unspecified atom stereocenters. The molecule has 0 radical (unpaired) electrons. The normalized spacial score (nSPS) is 22.2. The van der Waals surface area contributed by atoms with Crippen LogP contribution in [0.5, 0.6) is 5.75 Å². The molecule has 0 saturated carbocycles. The van der Waals surface area contributed by atoms with Crippen LogP contribution in [0.3, 0.4) is 0 Å². The molecular weight excluding hydrogens is 302 g/mol. The molecule has 1 atom stereocenters. The number of urea groups is 1. The Balaban J connectivity index is 1.48. The molecule has 1 N–H and O–H groups in total. The molecule has 24 heavy (non-hydrogen) atoms. The molecule has 2 aliphatic rings. The third-order valence-corrected chi connectivity index (χ3v) is 5.19. The van der Waals surface area contributed by atoms with Crippen molar-refractivity contribution >= 4 is 11.7 Å². The van der Waals surface area contributed by atoms with Crippen molar-refractivity contribution in [2.24, 2.45) is 5.92 Å². The van der Waals surface area contributed by atoms with Crippen LogP contribution in [0.2, 0.25) is 0 Å². The average molecular weight is 331 g/mol. The van der Waals surface area contributed by atoms with E-state index in [0.717, 1.165) is 43.3 Å². The molecule has 0 spiro atoms. The zero-order valence-corrected chi connectivity index (χ0v) is 14.7. The van der Waals surface area contributed by atoms with E-state index in [2.05, 4.69) is 10.2 Å². The summed E-state index contributed by atoms with van der Waals surface area (Å²) in [6.07, 6.45) is 6.16. The fraction of sp³-hybridized carbons (Fsp3) is 0.632. The first-order valence-electron chi connectivity index (χ1n) is 9.17. The van der Waals surface area contributed by atoms with Gasteiger partial charge in [0.05, 0.1) is 7.11 Å². The lowest BCUT2D eigenvalue weighted by atomic mass is 10.0. The summed E-state index contributed by atoms with van der Waals surface area (Å²) in [4.78, 5) is 17.1. The molecule has 2 heterocycles. The fourth-order valence-electron chi connectivity index (χ4n) is 3.76. The minimum Gasteiger partial charge on any atom is -0.497 e. The van der Waals surface area contributed by atoms with Crippen molar-refractivity contribution in [2.45, 2.75) is 32.1 Å². The van der Waals surface area contributed by atoms with Crippen molar-refractivity contribution in [2.75, 3.05) is 45.2 Å². The zero-order chi connectivity index (χ0) is 16.8. The lowest BCUT2D eigenvalue weighted by Gasteiger charge is -2.23. The highest BCUT2D eigenvalue weighted by Crippen LogP contribution is 2.22. The van der Waals surface area contributed by atoms with E-state index >= 15 is 0 Å². The second kappa shape index (κ2) is 8.38. The minimum absolute atomic E-state index is 0.0157. The summed E-state index contributed by atoms with van der Waals surface area (Å²) in [5.74, 6) is 1.54. The van der Waals surface area contributed by atoms with E-state index in [4.69, 9.17) is 4.74 Å². The minimum atomic E-state index is 0.0157. The highest BCUT2D eigenvalue weighted by atomic mass is 16.5. The lowest BCUT2D eigenvalue weighted by Crippen LogP contribution is -2.36. The van der Waals surface area contributed by atoms with Gasteiger partial charge in [-0.2, -0.15) is 0 Å². The van der Waals surface area contributed by atoms with Gasteiger partial charge in [-0.25, -0.2) is 4.79 Å². The van der Waals surface area contributed by atoms with Gasteiger partial charge in [0.2, 0.25) is 0 Å². The van der Waals surface area contributed by atoms with E-state index in [0.29, 0.717) is 0 Å². The van der Waals surface area contributed by atoms with E-state index in [9.17, 15) is 4.79 Å². The summed E-state index contributed by atoms with van der Waals surface area (Å²) in [5, 5.41) is 3.00. The quantitative estimate of drug-likeness (QED) is 0.919. The molecular formula is C19H29N3O2. The standard InChI is InChI=1S/C19H29N3O2/c1-24-18-8-6-17(7-9-18)20-19(23)22-13-4-5-16(10-14-22)15-21-11-2-3-12-21/h6-9,16H,2-5,10-15H2,1H3,(H,20,23). The number of methoxy groups -OCH3 is 1. The van der Waals surface area contributed by atoms with Crippen LogP contribution in [0.15, 0.2) is 24.3 Å². The van der Waals surface area contributed by atoms with E-state index in [1.54, 1.807) is 7.11 Å². The number of carbonyl (C=O) groups excluding carboxylic acids is 1. The third-order valence-electron chi connectivity index (χ3n) is 5.19. The molecule has 0 bridgehead atoms. The molecule has 1 aromatic carbocycles. The second-order valence-electron chi connectivity index (χ2n) is 6.95. The number of carbonyl (C=O) groups is 1. The second-order valence-corrected chi connectivity index (χ2v) is 6.95. The predicted molar refractivity (Wildman–Crippen MR) is 96.6 cm³/mol. The average Bonchev–Trinajstić information content (AvgIpc) is 2.99. The molecule has 0 aliphatic carbocycles. The van der Waals surface area contributed by atoms with Crippen LogP contribution in [0.25, 0.3) is 0 Å². The van der Waals surface area contributed by atoms with E-state index in [1.165, 1.54) is 38.9 Å². The fourth-order valence-corrected chi connectivity index (χ4v) is 3.76. The molecule has 2 amide bonds. The first-order valence-corrected chi connectivity index (χ1v) is 9.17. The van der Waals surface area contributed by atoms with Gasteiger partial charge in [-0.3, -0.25) is 0 Å². The molecule has 0 aromatic heterocycles. The van der Waals surface area contributed by atoms with Crippen molar-refractivity contribution in [1.82, 2.24) is 9.80 Å². The zero-order valence-electron chi connectivity index (χ0n) is 14.7. The van der Waals surface area contributed by atoms with Gasteiger partial charge in [-0.05, 0) is 75.4 Å². The van der Waals surface area contributed by atoms with Gasteiger partial charge in [0.1, 0.15) is 5.75 Å². The number of hydrogen-bond acceptors (Lipinski definition) is 3. The molecule has 132 valence electrons. The number of nitrogens with zero attached hydrogens (tertiary/aromatic N) is 2. The van der Waals surface area contributed by atoms with Crippen molar-refractivity contribution < 1.29 is 9.53 Å². The molecule has 5 nitrogen and oxygen atoms in total.